The Kier molecular flexibility index (Phi) is 18.4. The van der Waals surface area contributed by atoms with E-state index in [0.717, 1.165) is 12.8 Å². The van der Waals surface area contributed by atoms with Gasteiger partial charge in [0.05, 0.1) is 0 Å². The predicted octanol–water partition coefficient (Wildman–Crippen LogP) is 4.55. The smallest absolute Gasteiger partial charge is 0.303 e. The molecule has 0 aromatic carbocycles. The van der Waals surface area contributed by atoms with Gasteiger partial charge in [-0.15, -0.1) is 0 Å². The van der Waals surface area contributed by atoms with Gasteiger partial charge >= 0.3 is 5.97 Å². The van der Waals surface area contributed by atoms with Gasteiger partial charge in [0.25, 0.3) is 0 Å². The van der Waals surface area contributed by atoms with Crippen LogP contribution in [0.3, 0.4) is 0 Å². The molecule has 1 N–H and O–H groups in total. The average molecular weight is 271 g/mol. The first-order valence-corrected chi connectivity index (χ1v) is 6.64. The summed E-state index contributed by atoms with van der Waals surface area (Å²) in [6.07, 6.45) is 15.4. The van der Waals surface area contributed by atoms with Crippen molar-refractivity contribution in [3.05, 3.63) is 12.2 Å². The Morgan fingerprint density at radius 1 is 0.941 bits per heavy atom. The number of rotatable bonds is 11. The zero-order valence-corrected chi connectivity index (χ0v) is 13.0. The van der Waals surface area contributed by atoms with E-state index in [2.05, 4.69) is 19.1 Å². The summed E-state index contributed by atoms with van der Waals surface area (Å²) in [5.74, 6) is -0.668. The summed E-state index contributed by atoms with van der Waals surface area (Å²) >= 11 is 0. The van der Waals surface area contributed by atoms with Gasteiger partial charge in [0, 0.05) is 32.3 Å². The van der Waals surface area contributed by atoms with Crippen molar-refractivity contribution in [3.8, 4) is 0 Å². The number of hydrogen-bond donors (Lipinski definition) is 1. The quantitative estimate of drug-likeness (QED) is 0.442. The van der Waals surface area contributed by atoms with Gasteiger partial charge < -0.3 is 5.11 Å². The second-order valence-electron chi connectivity index (χ2n) is 4.31. The first-order chi connectivity index (χ1) is 7.77. The number of carboxylic acids is 1. The normalized spacial score (nSPS) is 10.4. The van der Waals surface area contributed by atoms with E-state index in [1.165, 1.54) is 44.9 Å². The van der Waals surface area contributed by atoms with Crippen LogP contribution in [-0.2, 0) is 30.6 Å². The van der Waals surface area contributed by atoms with Gasteiger partial charge in [-0.1, -0.05) is 51.2 Å². The van der Waals surface area contributed by atoms with Crippen LogP contribution in [0.5, 0.6) is 0 Å². The topological polar surface area (TPSA) is 37.3 Å². The van der Waals surface area contributed by atoms with Crippen LogP contribution in [0.15, 0.2) is 12.2 Å². The van der Waals surface area contributed by atoms with Crippen LogP contribution in [-0.4, -0.2) is 11.1 Å². The molecule has 0 bridgehead atoms. The second-order valence-corrected chi connectivity index (χ2v) is 4.31. The van der Waals surface area contributed by atoms with E-state index in [4.69, 9.17) is 5.11 Å². The molecule has 3 heteroatoms. The zero-order chi connectivity index (χ0) is 12.1. The first-order valence-electron chi connectivity index (χ1n) is 6.64. The minimum atomic E-state index is -0.668. The summed E-state index contributed by atoms with van der Waals surface area (Å²) in [6, 6.07) is 0. The summed E-state index contributed by atoms with van der Waals surface area (Å²) < 4.78 is 0. The van der Waals surface area contributed by atoms with Crippen molar-refractivity contribution >= 4 is 5.97 Å². The molecule has 0 aliphatic heterocycles. The number of aliphatic carboxylic acids is 1. The van der Waals surface area contributed by atoms with Crippen molar-refractivity contribution in [1.29, 1.82) is 0 Å². The van der Waals surface area contributed by atoms with E-state index in [1.54, 1.807) is 0 Å². The van der Waals surface area contributed by atoms with Crippen molar-refractivity contribution in [3.63, 3.8) is 0 Å². The van der Waals surface area contributed by atoms with Crippen molar-refractivity contribution in [2.75, 3.05) is 0 Å². The molecule has 0 heterocycles. The summed E-state index contributed by atoms with van der Waals surface area (Å²) in [5.41, 5.74) is 0. The molecule has 0 unspecified atom stereocenters. The molecule has 0 saturated heterocycles. The number of unbranched alkanes of at least 4 members (excludes halogenated alkanes) is 7. The monoisotopic (exact) mass is 271 g/mol. The molecule has 0 fully saturated rings. The van der Waals surface area contributed by atoms with Gasteiger partial charge in [-0.25, -0.2) is 0 Å². The molecule has 0 saturated carbocycles. The summed E-state index contributed by atoms with van der Waals surface area (Å²) in [6.45, 7) is 2.21. The fraction of sp³-hybridized carbons (Fsp3) is 0.786. The average Bonchev–Trinajstić information content (AvgIpc) is 2.25. The third-order valence-corrected chi connectivity index (χ3v) is 2.65. The second kappa shape index (κ2) is 16.1. The van der Waals surface area contributed by atoms with Crippen molar-refractivity contribution in [1.82, 2.24) is 0 Å². The molecule has 1 radical (unpaired) electrons. The van der Waals surface area contributed by atoms with Crippen LogP contribution >= 0.6 is 0 Å². The summed E-state index contributed by atoms with van der Waals surface area (Å²) in [7, 11) is 0. The molecule has 0 aliphatic carbocycles. The molecule has 97 valence electrons. The van der Waals surface area contributed by atoms with Crippen LogP contribution in [0.25, 0.3) is 0 Å². The molecular formula is C14H26O2Sc. The van der Waals surface area contributed by atoms with Crippen LogP contribution in [0.1, 0.15) is 71.1 Å². The van der Waals surface area contributed by atoms with Crippen LogP contribution in [0, 0.1) is 0 Å². The molecule has 0 aromatic rings. The minimum Gasteiger partial charge on any atom is -0.481 e. The van der Waals surface area contributed by atoms with Gasteiger partial charge in [-0.05, 0) is 25.7 Å². The SMILES string of the molecule is CCCC/C=C\CCCCCCCC(=O)O.[Sc]. The van der Waals surface area contributed by atoms with Crippen LogP contribution in [0.4, 0.5) is 0 Å². The third-order valence-electron chi connectivity index (χ3n) is 2.65. The van der Waals surface area contributed by atoms with E-state index in [9.17, 15) is 4.79 Å². The van der Waals surface area contributed by atoms with E-state index >= 15 is 0 Å². The van der Waals surface area contributed by atoms with Gasteiger partial charge in [0.15, 0.2) is 0 Å². The number of hydrogen-bond acceptors (Lipinski definition) is 1. The molecule has 17 heavy (non-hydrogen) atoms. The molecular weight excluding hydrogens is 245 g/mol. The standard InChI is InChI=1S/C14H26O2.Sc/c1-2-3-4-5-6-7-8-9-10-11-12-13-14(15)16;/h5-6H,2-4,7-13H2,1H3,(H,15,16);/b6-5-;. The van der Waals surface area contributed by atoms with Crippen molar-refractivity contribution < 1.29 is 35.7 Å². The Morgan fingerprint density at radius 2 is 1.47 bits per heavy atom. The molecule has 0 aliphatic rings. The maximum atomic E-state index is 10.3. The van der Waals surface area contributed by atoms with Crippen molar-refractivity contribution in [2.45, 2.75) is 71.1 Å². The Hall–Kier alpha value is 0.0801. The molecule has 2 nitrogen and oxygen atoms in total. The summed E-state index contributed by atoms with van der Waals surface area (Å²) in [5, 5.41) is 8.45. The minimum absolute atomic E-state index is 0. The maximum absolute atomic E-state index is 10.3. The van der Waals surface area contributed by atoms with Gasteiger partial charge in [-0.3, -0.25) is 4.79 Å². The number of allylic oxidation sites excluding steroid dienone is 2. The predicted molar refractivity (Wildman–Crippen MR) is 68.6 cm³/mol. The van der Waals surface area contributed by atoms with Gasteiger partial charge in [-0.2, -0.15) is 0 Å². The molecule has 0 aromatic heterocycles. The van der Waals surface area contributed by atoms with Crippen LogP contribution < -0.4 is 0 Å². The third kappa shape index (κ3) is 18.6. The number of carbonyl (C=O) groups is 1. The van der Waals surface area contributed by atoms with E-state index < -0.39 is 5.97 Å². The Labute approximate surface area is 125 Å². The summed E-state index contributed by atoms with van der Waals surface area (Å²) in [4.78, 5) is 10.3. The first kappa shape index (κ1) is 19.4. The van der Waals surface area contributed by atoms with E-state index in [0.29, 0.717) is 6.42 Å². The van der Waals surface area contributed by atoms with Crippen molar-refractivity contribution in [2.24, 2.45) is 0 Å². The molecule has 0 amide bonds. The maximum Gasteiger partial charge on any atom is 0.303 e. The zero-order valence-electron chi connectivity index (χ0n) is 11.2. The fourth-order valence-corrected chi connectivity index (χ4v) is 1.63. The van der Waals surface area contributed by atoms with Crippen LogP contribution in [0.2, 0.25) is 0 Å². The Balaban J connectivity index is 0. The van der Waals surface area contributed by atoms with E-state index in [-0.39, 0.29) is 25.8 Å². The van der Waals surface area contributed by atoms with Gasteiger partial charge in [0.2, 0.25) is 0 Å². The largest absolute Gasteiger partial charge is 0.481 e. The Bertz CT molecular complexity index is 191. The van der Waals surface area contributed by atoms with E-state index in [1.807, 2.05) is 0 Å². The Morgan fingerprint density at radius 3 is 2.06 bits per heavy atom. The van der Waals surface area contributed by atoms with Gasteiger partial charge in [0.1, 0.15) is 0 Å². The molecule has 0 rings (SSSR count). The fourth-order valence-electron chi connectivity index (χ4n) is 1.63. The molecule has 0 atom stereocenters. The molecule has 0 spiro atoms. The number of carboxylic acid groups (broad SMARTS) is 1.